The molecule has 1 aliphatic heterocycles. The highest BCUT2D eigenvalue weighted by atomic mass is 16.5. The summed E-state index contributed by atoms with van der Waals surface area (Å²) in [6.07, 6.45) is -0.0717. The van der Waals surface area contributed by atoms with E-state index in [2.05, 4.69) is 20.4 Å². The van der Waals surface area contributed by atoms with Gasteiger partial charge in [-0.15, -0.1) is 10.2 Å². The molecule has 1 saturated heterocycles. The molecule has 26 heavy (non-hydrogen) atoms. The number of anilines is 1. The summed E-state index contributed by atoms with van der Waals surface area (Å²) in [5.74, 6) is 0.906. The molecular formula is C19H24N4O3. The number of morpholine rings is 1. The van der Waals surface area contributed by atoms with Crippen LogP contribution in [0.4, 0.5) is 5.82 Å². The van der Waals surface area contributed by atoms with Gasteiger partial charge in [-0.25, -0.2) is 0 Å². The first-order valence-electron chi connectivity index (χ1n) is 8.69. The second kappa shape index (κ2) is 7.70. The average molecular weight is 356 g/mol. The third kappa shape index (κ3) is 4.11. The fourth-order valence-electron chi connectivity index (χ4n) is 3.21. The first-order valence-corrected chi connectivity index (χ1v) is 8.69. The van der Waals surface area contributed by atoms with Crippen LogP contribution in [0.5, 0.6) is 5.75 Å². The summed E-state index contributed by atoms with van der Waals surface area (Å²) < 4.78 is 5.68. The number of phenolic OH excluding ortho intramolecular Hbond substituents is 1. The highest BCUT2D eigenvalue weighted by Crippen LogP contribution is 2.32. The van der Waals surface area contributed by atoms with Crippen LogP contribution in [0.15, 0.2) is 24.3 Å². The maximum atomic E-state index is 11.1. The van der Waals surface area contributed by atoms with Crippen LogP contribution in [-0.2, 0) is 9.53 Å². The largest absolute Gasteiger partial charge is 0.507 e. The standard InChI is InChI=1S/C19H24N4O3/c1-12-8-13(2)19(17(25)9-12)16-4-5-18(22-21-16)23-6-7-26-15(11-23)10-20-14(3)24/h4-5,8-9,15,25H,6-7,10-11H2,1-3H3,(H,20,24)/t15-/m0/s1. The van der Waals surface area contributed by atoms with Crippen LogP contribution in [0.25, 0.3) is 11.3 Å². The predicted molar refractivity (Wildman–Crippen MR) is 99.2 cm³/mol. The lowest BCUT2D eigenvalue weighted by molar-refractivity contribution is -0.119. The van der Waals surface area contributed by atoms with Crippen LogP contribution in [0.3, 0.4) is 0 Å². The fourth-order valence-corrected chi connectivity index (χ4v) is 3.21. The molecule has 3 rings (SSSR count). The Morgan fingerprint density at radius 1 is 1.35 bits per heavy atom. The number of phenols is 1. The van der Waals surface area contributed by atoms with Crippen LogP contribution >= 0.6 is 0 Å². The molecule has 2 aromatic rings. The van der Waals surface area contributed by atoms with Crippen molar-refractivity contribution in [1.82, 2.24) is 15.5 Å². The molecule has 0 unspecified atom stereocenters. The van der Waals surface area contributed by atoms with E-state index in [1.807, 2.05) is 32.0 Å². The molecule has 7 heteroatoms. The molecule has 138 valence electrons. The van der Waals surface area contributed by atoms with E-state index in [1.54, 1.807) is 6.07 Å². The lowest BCUT2D eigenvalue weighted by Crippen LogP contribution is -2.47. The van der Waals surface area contributed by atoms with E-state index in [4.69, 9.17) is 4.74 Å². The Bertz CT molecular complexity index is 769. The molecule has 0 bridgehead atoms. The highest BCUT2D eigenvalue weighted by molar-refractivity contribution is 5.73. The van der Waals surface area contributed by atoms with E-state index in [-0.39, 0.29) is 17.8 Å². The maximum Gasteiger partial charge on any atom is 0.216 e. The lowest BCUT2D eigenvalue weighted by Gasteiger charge is -2.33. The zero-order valence-electron chi connectivity index (χ0n) is 15.3. The van der Waals surface area contributed by atoms with Gasteiger partial charge in [0, 0.05) is 32.1 Å². The number of rotatable bonds is 4. The van der Waals surface area contributed by atoms with Crippen molar-refractivity contribution >= 4 is 11.7 Å². The number of carbonyl (C=O) groups excluding carboxylic acids is 1. The minimum absolute atomic E-state index is 0.0665. The number of aromatic nitrogens is 2. The Morgan fingerprint density at radius 3 is 2.81 bits per heavy atom. The molecule has 0 radical (unpaired) electrons. The van der Waals surface area contributed by atoms with E-state index in [9.17, 15) is 9.90 Å². The van der Waals surface area contributed by atoms with Gasteiger partial charge in [0.05, 0.1) is 18.4 Å². The number of nitrogens with one attached hydrogen (secondary N) is 1. The quantitative estimate of drug-likeness (QED) is 0.869. The molecule has 0 spiro atoms. The van der Waals surface area contributed by atoms with Crippen molar-refractivity contribution in [3.05, 3.63) is 35.4 Å². The SMILES string of the molecule is CC(=O)NC[C@H]1CN(c2ccc(-c3c(C)cc(C)cc3O)nn2)CCO1. The summed E-state index contributed by atoms with van der Waals surface area (Å²) >= 11 is 0. The molecule has 1 aliphatic rings. The van der Waals surface area contributed by atoms with Gasteiger partial charge in [-0.05, 0) is 43.2 Å². The Kier molecular flexibility index (Phi) is 5.37. The van der Waals surface area contributed by atoms with Gasteiger partial charge in [-0.2, -0.15) is 0 Å². The molecule has 0 aliphatic carbocycles. The number of amides is 1. The molecule has 2 N–H and O–H groups in total. The van der Waals surface area contributed by atoms with E-state index >= 15 is 0 Å². The van der Waals surface area contributed by atoms with E-state index in [0.29, 0.717) is 31.0 Å². The Balaban J connectivity index is 1.74. The van der Waals surface area contributed by atoms with Crippen molar-refractivity contribution in [3.8, 4) is 17.0 Å². The van der Waals surface area contributed by atoms with Crippen molar-refractivity contribution in [2.45, 2.75) is 26.9 Å². The number of hydrogen-bond donors (Lipinski definition) is 2. The first-order chi connectivity index (χ1) is 12.4. The van der Waals surface area contributed by atoms with E-state index in [1.165, 1.54) is 6.92 Å². The van der Waals surface area contributed by atoms with Crippen LogP contribution in [0.1, 0.15) is 18.1 Å². The van der Waals surface area contributed by atoms with Crippen LogP contribution in [0, 0.1) is 13.8 Å². The van der Waals surface area contributed by atoms with Gasteiger partial charge in [-0.1, -0.05) is 6.07 Å². The lowest BCUT2D eigenvalue weighted by atomic mass is 10.0. The Morgan fingerprint density at radius 2 is 2.15 bits per heavy atom. The van der Waals surface area contributed by atoms with Crippen molar-refractivity contribution in [1.29, 1.82) is 0 Å². The molecular weight excluding hydrogens is 332 g/mol. The zero-order valence-corrected chi connectivity index (χ0v) is 15.3. The minimum atomic E-state index is -0.0717. The van der Waals surface area contributed by atoms with Gasteiger partial charge in [0.1, 0.15) is 5.75 Å². The molecule has 1 atom stereocenters. The number of aryl methyl sites for hydroxylation is 2. The average Bonchev–Trinajstić information content (AvgIpc) is 2.60. The summed E-state index contributed by atoms with van der Waals surface area (Å²) in [7, 11) is 0. The number of carbonyl (C=O) groups is 1. The summed E-state index contributed by atoms with van der Waals surface area (Å²) in [5, 5.41) is 21.7. The van der Waals surface area contributed by atoms with Crippen LogP contribution in [0.2, 0.25) is 0 Å². The van der Waals surface area contributed by atoms with Crippen molar-refractivity contribution in [2.24, 2.45) is 0 Å². The molecule has 1 fully saturated rings. The second-order valence-corrected chi connectivity index (χ2v) is 6.63. The molecule has 2 heterocycles. The fraction of sp³-hybridized carbons (Fsp3) is 0.421. The minimum Gasteiger partial charge on any atom is -0.507 e. The van der Waals surface area contributed by atoms with Crippen LogP contribution in [-0.4, -0.2) is 53.6 Å². The monoisotopic (exact) mass is 356 g/mol. The summed E-state index contributed by atoms with van der Waals surface area (Å²) in [5.41, 5.74) is 3.32. The number of nitrogens with zero attached hydrogens (tertiary/aromatic N) is 3. The van der Waals surface area contributed by atoms with E-state index in [0.717, 1.165) is 23.5 Å². The number of aromatic hydroxyl groups is 1. The number of ether oxygens (including phenoxy) is 1. The van der Waals surface area contributed by atoms with Gasteiger partial charge >= 0.3 is 0 Å². The summed E-state index contributed by atoms with van der Waals surface area (Å²) in [4.78, 5) is 13.2. The molecule has 1 amide bonds. The zero-order chi connectivity index (χ0) is 18.7. The van der Waals surface area contributed by atoms with Crippen molar-refractivity contribution in [3.63, 3.8) is 0 Å². The molecule has 0 saturated carbocycles. The predicted octanol–water partition coefficient (Wildman–Crippen LogP) is 1.81. The Hall–Kier alpha value is -2.67. The topological polar surface area (TPSA) is 87.6 Å². The maximum absolute atomic E-state index is 11.1. The summed E-state index contributed by atoms with van der Waals surface area (Å²) in [6, 6.07) is 7.52. The number of benzene rings is 1. The van der Waals surface area contributed by atoms with Gasteiger partial charge in [-0.3, -0.25) is 4.79 Å². The summed E-state index contributed by atoms with van der Waals surface area (Å²) in [6.45, 7) is 7.81. The molecule has 1 aromatic carbocycles. The van der Waals surface area contributed by atoms with Gasteiger partial charge in [0.15, 0.2) is 5.82 Å². The highest BCUT2D eigenvalue weighted by Gasteiger charge is 2.22. The number of hydrogen-bond acceptors (Lipinski definition) is 6. The van der Waals surface area contributed by atoms with Crippen molar-refractivity contribution in [2.75, 3.05) is 31.1 Å². The van der Waals surface area contributed by atoms with Crippen LogP contribution < -0.4 is 10.2 Å². The van der Waals surface area contributed by atoms with Gasteiger partial charge in [0.2, 0.25) is 5.91 Å². The third-order valence-electron chi connectivity index (χ3n) is 4.41. The second-order valence-electron chi connectivity index (χ2n) is 6.63. The third-order valence-corrected chi connectivity index (χ3v) is 4.41. The Labute approximate surface area is 153 Å². The smallest absolute Gasteiger partial charge is 0.216 e. The van der Waals surface area contributed by atoms with Gasteiger partial charge < -0.3 is 20.1 Å². The van der Waals surface area contributed by atoms with E-state index < -0.39 is 0 Å². The molecule has 7 nitrogen and oxygen atoms in total. The van der Waals surface area contributed by atoms with Gasteiger partial charge in [0.25, 0.3) is 0 Å². The first kappa shape index (κ1) is 18.1. The molecule has 1 aromatic heterocycles. The van der Waals surface area contributed by atoms with Crippen molar-refractivity contribution < 1.29 is 14.6 Å². The normalized spacial score (nSPS) is 17.2.